The van der Waals surface area contributed by atoms with Crippen LogP contribution in [0.2, 0.25) is 0 Å². The first-order valence-electron chi connectivity index (χ1n) is 5.35. The lowest BCUT2D eigenvalue weighted by atomic mass is 10.2. The lowest BCUT2D eigenvalue weighted by Crippen LogP contribution is -2.07. The average Bonchev–Trinajstić information content (AvgIpc) is 2.67. The first-order valence-corrected chi connectivity index (χ1v) is 5.35. The van der Waals surface area contributed by atoms with Gasteiger partial charge in [0.15, 0.2) is 5.58 Å². The number of non-ortho nitro benzene ring substituents is 1. The highest BCUT2D eigenvalue weighted by atomic mass is 16.6. The van der Waals surface area contributed by atoms with Crippen molar-refractivity contribution in [2.75, 3.05) is 11.9 Å². The van der Waals surface area contributed by atoms with Crippen LogP contribution < -0.4 is 5.32 Å². The fourth-order valence-electron chi connectivity index (χ4n) is 1.40. The molecule has 90 valence electrons. The van der Waals surface area contributed by atoms with Crippen LogP contribution in [0.4, 0.5) is 11.7 Å². The van der Waals surface area contributed by atoms with Crippen LogP contribution in [0.15, 0.2) is 22.6 Å². The topological polar surface area (TPSA) is 81.2 Å². The van der Waals surface area contributed by atoms with Crippen molar-refractivity contribution in [1.82, 2.24) is 4.98 Å². The van der Waals surface area contributed by atoms with Gasteiger partial charge in [0.25, 0.3) is 11.7 Å². The Labute approximate surface area is 97.8 Å². The summed E-state index contributed by atoms with van der Waals surface area (Å²) in [5.74, 6) is 0.472. The highest BCUT2D eigenvalue weighted by molar-refractivity contribution is 5.77. The van der Waals surface area contributed by atoms with Crippen molar-refractivity contribution >= 4 is 22.8 Å². The number of nitro benzene ring substituents is 1. The second kappa shape index (κ2) is 4.40. The Bertz CT molecular complexity index is 548. The van der Waals surface area contributed by atoms with E-state index in [0.29, 0.717) is 23.0 Å². The van der Waals surface area contributed by atoms with Crippen molar-refractivity contribution in [2.24, 2.45) is 5.92 Å². The minimum Gasteiger partial charge on any atom is -0.424 e. The number of nitrogens with one attached hydrogen (secondary N) is 1. The van der Waals surface area contributed by atoms with Gasteiger partial charge in [-0.05, 0) is 12.0 Å². The number of hydrogen-bond donors (Lipinski definition) is 1. The summed E-state index contributed by atoms with van der Waals surface area (Å²) in [7, 11) is 0. The van der Waals surface area contributed by atoms with Gasteiger partial charge >= 0.3 is 0 Å². The highest BCUT2D eigenvalue weighted by Gasteiger charge is 2.11. The van der Waals surface area contributed by atoms with Gasteiger partial charge in [-0.2, -0.15) is 4.98 Å². The lowest BCUT2D eigenvalue weighted by Gasteiger charge is -2.03. The molecule has 2 rings (SSSR count). The summed E-state index contributed by atoms with van der Waals surface area (Å²) in [6.07, 6.45) is 0. The Morgan fingerprint density at radius 2 is 2.29 bits per heavy atom. The third-order valence-corrected chi connectivity index (χ3v) is 2.24. The third kappa shape index (κ3) is 2.52. The van der Waals surface area contributed by atoms with Crippen LogP contribution in [0.25, 0.3) is 11.1 Å². The number of hydrogen-bond acceptors (Lipinski definition) is 5. The molecule has 0 aliphatic carbocycles. The zero-order valence-corrected chi connectivity index (χ0v) is 9.64. The molecular weight excluding hydrogens is 222 g/mol. The average molecular weight is 235 g/mol. The Morgan fingerprint density at radius 1 is 1.53 bits per heavy atom. The second-order valence-corrected chi connectivity index (χ2v) is 4.20. The van der Waals surface area contributed by atoms with Crippen molar-refractivity contribution in [2.45, 2.75) is 13.8 Å². The molecule has 1 heterocycles. The number of rotatable bonds is 4. The lowest BCUT2D eigenvalue weighted by molar-refractivity contribution is -0.384. The van der Waals surface area contributed by atoms with Crippen molar-refractivity contribution in [3.8, 4) is 0 Å². The van der Waals surface area contributed by atoms with E-state index in [9.17, 15) is 10.1 Å². The quantitative estimate of drug-likeness (QED) is 0.650. The third-order valence-electron chi connectivity index (χ3n) is 2.24. The maximum absolute atomic E-state index is 10.6. The maximum atomic E-state index is 10.6. The summed E-state index contributed by atoms with van der Waals surface area (Å²) in [6, 6.07) is 4.76. The maximum Gasteiger partial charge on any atom is 0.295 e. The highest BCUT2D eigenvalue weighted by Crippen LogP contribution is 2.23. The molecule has 1 aromatic heterocycles. The smallest absolute Gasteiger partial charge is 0.295 e. The van der Waals surface area contributed by atoms with Crippen LogP contribution in [0.3, 0.4) is 0 Å². The molecule has 1 N–H and O–H groups in total. The van der Waals surface area contributed by atoms with E-state index < -0.39 is 4.92 Å². The summed E-state index contributed by atoms with van der Waals surface area (Å²) in [5, 5.41) is 13.6. The zero-order chi connectivity index (χ0) is 12.4. The molecule has 0 spiro atoms. The van der Waals surface area contributed by atoms with Crippen LogP contribution >= 0.6 is 0 Å². The van der Waals surface area contributed by atoms with Crippen LogP contribution in [0.5, 0.6) is 0 Å². The van der Waals surface area contributed by atoms with Gasteiger partial charge in [0, 0.05) is 18.7 Å². The Balaban J connectivity index is 2.27. The molecule has 6 heteroatoms. The van der Waals surface area contributed by atoms with Crippen LogP contribution in [-0.4, -0.2) is 16.5 Å². The predicted octanol–water partition coefficient (Wildman–Crippen LogP) is 2.80. The fraction of sp³-hybridized carbons (Fsp3) is 0.364. The summed E-state index contributed by atoms with van der Waals surface area (Å²) >= 11 is 0. The molecule has 0 fully saturated rings. The first kappa shape index (κ1) is 11.4. The summed E-state index contributed by atoms with van der Waals surface area (Å²) in [4.78, 5) is 14.3. The van der Waals surface area contributed by atoms with E-state index in [4.69, 9.17) is 4.42 Å². The molecule has 17 heavy (non-hydrogen) atoms. The van der Waals surface area contributed by atoms with Crippen molar-refractivity contribution in [3.05, 3.63) is 28.3 Å². The fourth-order valence-corrected chi connectivity index (χ4v) is 1.40. The molecule has 0 radical (unpaired) electrons. The molecule has 0 atom stereocenters. The van der Waals surface area contributed by atoms with Gasteiger partial charge in [-0.3, -0.25) is 10.1 Å². The SMILES string of the molecule is CC(C)CNc1nc2cc([N+](=O)[O-])ccc2o1. The van der Waals surface area contributed by atoms with Crippen LogP contribution in [0.1, 0.15) is 13.8 Å². The normalized spacial score (nSPS) is 11.0. The summed E-state index contributed by atoms with van der Waals surface area (Å²) < 4.78 is 5.41. The van der Waals surface area contributed by atoms with Gasteiger partial charge in [0.05, 0.1) is 4.92 Å². The van der Waals surface area contributed by atoms with E-state index in [2.05, 4.69) is 24.1 Å². The molecule has 2 aromatic rings. The molecule has 0 amide bonds. The minimum absolute atomic E-state index is 0.0150. The van der Waals surface area contributed by atoms with Crippen molar-refractivity contribution in [1.29, 1.82) is 0 Å². The number of fused-ring (bicyclic) bond motifs is 1. The summed E-state index contributed by atoms with van der Waals surface area (Å²) in [5.41, 5.74) is 1.05. The van der Waals surface area contributed by atoms with Gasteiger partial charge in [-0.15, -0.1) is 0 Å². The molecule has 0 saturated carbocycles. The van der Waals surface area contributed by atoms with E-state index in [-0.39, 0.29) is 5.69 Å². The minimum atomic E-state index is -0.449. The number of benzene rings is 1. The van der Waals surface area contributed by atoms with E-state index in [1.54, 1.807) is 6.07 Å². The van der Waals surface area contributed by atoms with Gasteiger partial charge in [0.1, 0.15) is 5.52 Å². The monoisotopic (exact) mass is 235 g/mol. The first-order chi connectivity index (χ1) is 8.06. The second-order valence-electron chi connectivity index (χ2n) is 4.20. The van der Waals surface area contributed by atoms with E-state index >= 15 is 0 Å². The molecule has 0 unspecified atom stereocenters. The number of anilines is 1. The number of oxazole rings is 1. The Kier molecular flexibility index (Phi) is 2.95. The molecule has 1 aromatic carbocycles. The molecule has 0 aliphatic heterocycles. The Hall–Kier alpha value is -2.11. The van der Waals surface area contributed by atoms with E-state index in [1.807, 2.05) is 0 Å². The molecule has 6 nitrogen and oxygen atoms in total. The molecule has 0 aliphatic rings. The number of nitro groups is 1. The van der Waals surface area contributed by atoms with Crippen molar-refractivity contribution in [3.63, 3.8) is 0 Å². The number of nitrogens with zero attached hydrogens (tertiary/aromatic N) is 2. The number of aromatic nitrogens is 1. The van der Waals surface area contributed by atoms with Crippen LogP contribution in [0, 0.1) is 16.0 Å². The van der Waals surface area contributed by atoms with Crippen LogP contribution in [-0.2, 0) is 0 Å². The zero-order valence-electron chi connectivity index (χ0n) is 9.64. The van der Waals surface area contributed by atoms with E-state index in [1.165, 1.54) is 12.1 Å². The standard InChI is InChI=1S/C11H13N3O3/c1-7(2)6-12-11-13-9-5-8(14(15)16)3-4-10(9)17-11/h3-5,7H,6H2,1-2H3,(H,12,13). The molecule has 0 saturated heterocycles. The Morgan fingerprint density at radius 3 is 2.94 bits per heavy atom. The largest absolute Gasteiger partial charge is 0.424 e. The van der Waals surface area contributed by atoms with Gasteiger partial charge in [-0.25, -0.2) is 0 Å². The van der Waals surface area contributed by atoms with E-state index in [0.717, 1.165) is 6.54 Å². The van der Waals surface area contributed by atoms with Gasteiger partial charge in [-0.1, -0.05) is 13.8 Å². The predicted molar refractivity (Wildman–Crippen MR) is 64.0 cm³/mol. The molecule has 0 bridgehead atoms. The molecular formula is C11H13N3O3. The van der Waals surface area contributed by atoms with Gasteiger partial charge in [0.2, 0.25) is 0 Å². The summed E-state index contributed by atoms with van der Waals surface area (Å²) in [6.45, 7) is 4.88. The van der Waals surface area contributed by atoms with Crippen molar-refractivity contribution < 1.29 is 9.34 Å². The van der Waals surface area contributed by atoms with Gasteiger partial charge < -0.3 is 9.73 Å².